The lowest BCUT2D eigenvalue weighted by atomic mass is 9.68. The fourth-order valence-electron chi connectivity index (χ4n) is 4.54. The van der Waals surface area contributed by atoms with Crippen LogP contribution in [0.3, 0.4) is 0 Å². The third kappa shape index (κ3) is 3.35. The van der Waals surface area contributed by atoms with Crippen molar-refractivity contribution < 1.29 is 8.42 Å². The summed E-state index contributed by atoms with van der Waals surface area (Å²) in [5.41, 5.74) is 0.458. The van der Waals surface area contributed by atoms with Gasteiger partial charge in [-0.25, -0.2) is 0 Å². The quantitative estimate of drug-likeness (QED) is 0.861. The lowest BCUT2D eigenvalue weighted by Gasteiger charge is -2.45. The van der Waals surface area contributed by atoms with E-state index < -0.39 is 10.2 Å². The topological polar surface area (TPSA) is 52.7 Å². The van der Waals surface area contributed by atoms with Gasteiger partial charge in [-0.3, -0.25) is 0 Å². The minimum atomic E-state index is -3.26. The molecule has 6 heteroatoms. The molecule has 1 aliphatic carbocycles. The lowest BCUT2D eigenvalue weighted by molar-refractivity contribution is 0.0984. The molecule has 0 aromatic heterocycles. The van der Waals surface area contributed by atoms with Crippen LogP contribution in [-0.2, 0) is 10.2 Å². The molecule has 3 fully saturated rings. The first kappa shape index (κ1) is 16.7. The zero-order valence-corrected chi connectivity index (χ0v) is 14.7. The van der Waals surface area contributed by atoms with Crippen LogP contribution in [0, 0.1) is 5.41 Å². The van der Waals surface area contributed by atoms with Crippen molar-refractivity contribution in [2.45, 2.75) is 63.8 Å². The molecule has 22 heavy (non-hydrogen) atoms. The molecular formula is C16H31N3O2S. The first-order chi connectivity index (χ1) is 10.6. The molecule has 2 saturated heterocycles. The van der Waals surface area contributed by atoms with Crippen LogP contribution < -0.4 is 5.32 Å². The maximum Gasteiger partial charge on any atom is 0.282 e. The zero-order chi connectivity index (χ0) is 15.6. The summed E-state index contributed by atoms with van der Waals surface area (Å²) in [6.45, 7) is 2.76. The molecule has 1 N–H and O–H groups in total. The molecule has 0 radical (unpaired) electrons. The molecule has 3 rings (SSSR count). The van der Waals surface area contributed by atoms with Gasteiger partial charge in [-0.2, -0.15) is 17.0 Å². The molecule has 1 spiro atoms. The van der Waals surface area contributed by atoms with Gasteiger partial charge in [-0.15, -0.1) is 0 Å². The Balaban J connectivity index is 1.61. The molecule has 3 aliphatic rings. The van der Waals surface area contributed by atoms with Crippen molar-refractivity contribution in [3.8, 4) is 0 Å². The van der Waals surface area contributed by atoms with Gasteiger partial charge < -0.3 is 5.32 Å². The molecule has 5 nitrogen and oxygen atoms in total. The van der Waals surface area contributed by atoms with Crippen molar-refractivity contribution in [2.24, 2.45) is 5.41 Å². The van der Waals surface area contributed by atoms with E-state index in [1.54, 1.807) is 8.61 Å². The van der Waals surface area contributed by atoms with E-state index in [2.05, 4.69) is 5.32 Å². The summed E-state index contributed by atoms with van der Waals surface area (Å²) in [6.07, 6.45) is 10.8. The van der Waals surface area contributed by atoms with Gasteiger partial charge in [0.1, 0.15) is 0 Å². The van der Waals surface area contributed by atoms with E-state index in [0.717, 1.165) is 38.8 Å². The number of likely N-dealkylation sites (N-methyl/N-ethyl adjacent to an activating group) is 1. The molecular weight excluding hydrogens is 298 g/mol. The van der Waals surface area contributed by atoms with Crippen molar-refractivity contribution in [1.29, 1.82) is 0 Å². The number of hydrogen-bond acceptors (Lipinski definition) is 3. The number of hydrogen-bond donors (Lipinski definition) is 1. The standard InChI is InChI=1S/C16H31N3O2S/c1-17-15-6-5-11-19(14-15)22(20,21)18-12-9-16(10-13-18)7-3-2-4-8-16/h15,17H,2-14H2,1H3. The van der Waals surface area contributed by atoms with E-state index in [-0.39, 0.29) is 0 Å². The summed E-state index contributed by atoms with van der Waals surface area (Å²) >= 11 is 0. The van der Waals surface area contributed by atoms with Crippen LogP contribution in [0.1, 0.15) is 57.8 Å². The van der Waals surface area contributed by atoms with Gasteiger partial charge in [0.2, 0.25) is 0 Å². The fourth-order valence-corrected chi connectivity index (χ4v) is 6.24. The minimum Gasteiger partial charge on any atom is -0.316 e. The van der Waals surface area contributed by atoms with Crippen LogP contribution >= 0.6 is 0 Å². The summed E-state index contributed by atoms with van der Waals surface area (Å²) in [4.78, 5) is 0. The molecule has 2 heterocycles. The Morgan fingerprint density at radius 3 is 2.23 bits per heavy atom. The molecule has 0 bridgehead atoms. The molecule has 0 aromatic carbocycles. The van der Waals surface area contributed by atoms with Crippen LogP contribution in [0.2, 0.25) is 0 Å². The Morgan fingerprint density at radius 2 is 1.59 bits per heavy atom. The predicted molar refractivity (Wildman–Crippen MR) is 88.9 cm³/mol. The summed E-state index contributed by atoms with van der Waals surface area (Å²) in [5.74, 6) is 0. The third-order valence-electron chi connectivity index (χ3n) is 6.14. The first-order valence-corrected chi connectivity index (χ1v) is 10.4. The lowest BCUT2D eigenvalue weighted by Crippen LogP contribution is -2.54. The van der Waals surface area contributed by atoms with E-state index in [4.69, 9.17) is 0 Å². The Morgan fingerprint density at radius 1 is 0.909 bits per heavy atom. The molecule has 1 atom stereocenters. The molecule has 0 amide bonds. The molecule has 1 unspecified atom stereocenters. The molecule has 0 aromatic rings. The summed E-state index contributed by atoms with van der Waals surface area (Å²) in [6, 6.07) is 0.304. The highest BCUT2D eigenvalue weighted by Gasteiger charge is 2.41. The molecule has 128 valence electrons. The SMILES string of the molecule is CNC1CCCN(S(=O)(=O)N2CCC3(CCCCC3)CC2)C1. The van der Waals surface area contributed by atoms with Gasteiger partial charge in [0, 0.05) is 32.2 Å². The van der Waals surface area contributed by atoms with Crippen molar-refractivity contribution in [1.82, 2.24) is 13.9 Å². The van der Waals surface area contributed by atoms with Crippen molar-refractivity contribution in [3.63, 3.8) is 0 Å². The average molecular weight is 330 g/mol. The van der Waals surface area contributed by atoms with Gasteiger partial charge in [0.15, 0.2) is 0 Å². The smallest absolute Gasteiger partial charge is 0.282 e. The van der Waals surface area contributed by atoms with Crippen molar-refractivity contribution >= 4 is 10.2 Å². The second-order valence-corrected chi connectivity index (χ2v) is 9.38. The second-order valence-electron chi connectivity index (χ2n) is 7.45. The Bertz CT molecular complexity index is 464. The van der Waals surface area contributed by atoms with Crippen LogP contribution in [0.15, 0.2) is 0 Å². The highest BCUT2D eigenvalue weighted by molar-refractivity contribution is 7.86. The number of nitrogens with zero attached hydrogens (tertiary/aromatic N) is 2. The van der Waals surface area contributed by atoms with Crippen molar-refractivity contribution in [2.75, 3.05) is 33.2 Å². The summed E-state index contributed by atoms with van der Waals surface area (Å²) in [5, 5.41) is 3.23. The van der Waals surface area contributed by atoms with E-state index in [1.807, 2.05) is 7.05 Å². The van der Waals surface area contributed by atoms with E-state index in [1.165, 1.54) is 32.1 Å². The second kappa shape index (κ2) is 6.75. The maximum atomic E-state index is 12.9. The molecule has 1 saturated carbocycles. The van der Waals surface area contributed by atoms with Crippen molar-refractivity contribution in [3.05, 3.63) is 0 Å². The van der Waals surface area contributed by atoms with Crippen LogP contribution in [0.4, 0.5) is 0 Å². The zero-order valence-electron chi connectivity index (χ0n) is 13.9. The van der Waals surface area contributed by atoms with Crippen LogP contribution in [-0.4, -0.2) is 56.3 Å². The van der Waals surface area contributed by atoms with Gasteiger partial charge >= 0.3 is 0 Å². The van der Waals surface area contributed by atoms with Crippen LogP contribution in [0.5, 0.6) is 0 Å². The van der Waals surface area contributed by atoms with Gasteiger partial charge in [-0.1, -0.05) is 19.3 Å². The third-order valence-corrected chi connectivity index (χ3v) is 8.14. The highest BCUT2D eigenvalue weighted by atomic mass is 32.2. The van der Waals surface area contributed by atoms with Gasteiger partial charge in [0.25, 0.3) is 10.2 Å². The molecule has 2 aliphatic heterocycles. The van der Waals surface area contributed by atoms with E-state index >= 15 is 0 Å². The fraction of sp³-hybridized carbons (Fsp3) is 1.00. The largest absolute Gasteiger partial charge is 0.316 e. The predicted octanol–water partition coefficient (Wildman–Crippen LogP) is 1.96. The Labute approximate surface area is 135 Å². The summed E-state index contributed by atoms with van der Waals surface area (Å²) in [7, 11) is -1.33. The minimum absolute atomic E-state index is 0.304. The Hall–Kier alpha value is -0.170. The van der Waals surface area contributed by atoms with E-state index in [9.17, 15) is 8.42 Å². The normalized spacial score (nSPS) is 31.4. The summed E-state index contributed by atoms with van der Waals surface area (Å²) < 4.78 is 29.3. The number of rotatable bonds is 3. The van der Waals surface area contributed by atoms with Crippen LogP contribution in [0.25, 0.3) is 0 Å². The average Bonchev–Trinajstić information content (AvgIpc) is 2.56. The van der Waals surface area contributed by atoms with Gasteiger partial charge in [-0.05, 0) is 51.0 Å². The Kier molecular flexibility index (Phi) is 5.12. The maximum absolute atomic E-state index is 12.9. The number of piperidine rings is 2. The monoisotopic (exact) mass is 329 g/mol. The van der Waals surface area contributed by atoms with Gasteiger partial charge in [0.05, 0.1) is 0 Å². The van der Waals surface area contributed by atoms with E-state index in [0.29, 0.717) is 24.5 Å². The highest BCUT2D eigenvalue weighted by Crippen LogP contribution is 2.45. The first-order valence-electron chi connectivity index (χ1n) is 8.98. The number of nitrogens with one attached hydrogen (secondary N) is 1.